The summed E-state index contributed by atoms with van der Waals surface area (Å²) in [6, 6.07) is 74.2. The van der Waals surface area contributed by atoms with Crippen LogP contribution in [0.25, 0.3) is 143 Å². The molecule has 10 aromatic carbocycles. The first kappa shape index (κ1) is 42.8. The standard InChI is InChI=1S/C73H56N2S/c1-42(2)62-40-63(43(3)4)70(68(44(5)6)69(62)46-35-37-57-52-24-10-9-22-50(52)48-20-7-8-21-49(48)51-23-11-13-27-55(51)65(57)39-46)73-74-41-66-58-36-34-45(47-31-19-32-61-59-29-17-18-33-67(59)76-72(47)61)38-64(58)56-28-14-12-25-53(56)54-26-15-16-30-60(54)71(66)75-73/h7-44H,1-6H3/i42D,43D,44D. The molecular formula is C73H56N2S. The molecule has 2 aromatic heterocycles. The molecule has 0 unspecified atom stereocenters. The van der Waals surface area contributed by atoms with Crippen LogP contribution in [0.4, 0.5) is 0 Å². The minimum atomic E-state index is -1.26. The fraction of sp³-hybridized carbons (Fsp3) is 0.123. The quantitative estimate of drug-likeness (QED) is 0.166. The van der Waals surface area contributed by atoms with E-state index in [1.165, 1.54) is 42.4 Å². The lowest BCUT2D eigenvalue weighted by atomic mass is 9.76. The number of aromatic nitrogens is 2. The van der Waals surface area contributed by atoms with Gasteiger partial charge >= 0.3 is 0 Å². The van der Waals surface area contributed by atoms with Crippen molar-refractivity contribution in [3.63, 3.8) is 0 Å². The highest BCUT2D eigenvalue weighted by Gasteiger charge is 2.31. The summed E-state index contributed by atoms with van der Waals surface area (Å²) in [5.74, 6) is -3.13. The van der Waals surface area contributed by atoms with E-state index in [1.54, 1.807) is 0 Å². The Morgan fingerprint density at radius 2 is 0.776 bits per heavy atom. The van der Waals surface area contributed by atoms with Crippen molar-refractivity contribution in [3.8, 4) is 123 Å². The van der Waals surface area contributed by atoms with Crippen molar-refractivity contribution in [2.75, 3.05) is 0 Å². The van der Waals surface area contributed by atoms with Gasteiger partial charge in [-0.15, -0.1) is 11.3 Å². The summed E-state index contributed by atoms with van der Waals surface area (Å²) in [5, 5.41) is 2.54. The lowest BCUT2D eigenvalue weighted by Gasteiger charge is -2.29. The van der Waals surface area contributed by atoms with Crippen molar-refractivity contribution >= 4 is 31.5 Å². The Kier molecular flexibility index (Phi) is 10.2. The number of nitrogens with zero attached hydrogens (tertiary/aromatic N) is 2. The molecule has 0 fully saturated rings. The summed E-state index contributed by atoms with van der Waals surface area (Å²) in [5.41, 5.74) is 24.0. The average Bonchev–Trinajstić information content (AvgIpc) is 3.98. The summed E-state index contributed by atoms with van der Waals surface area (Å²) in [4.78, 5) is 11.2. The molecule has 2 aliphatic rings. The van der Waals surface area contributed by atoms with Crippen LogP contribution in [0.15, 0.2) is 212 Å². The minimum Gasteiger partial charge on any atom is -0.236 e. The Morgan fingerprint density at radius 3 is 1.33 bits per heavy atom. The molecule has 2 nitrogen and oxygen atoms in total. The number of benzene rings is 10. The first-order valence-corrected chi connectivity index (χ1v) is 27.2. The van der Waals surface area contributed by atoms with Crippen molar-refractivity contribution in [1.82, 2.24) is 9.97 Å². The summed E-state index contributed by atoms with van der Waals surface area (Å²) in [6.07, 6.45) is 1.98. The first-order valence-electron chi connectivity index (χ1n) is 27.9. The fourth-order valence-electron chi connectivity index (χ4n) is 12.4. The Bertz CT molecular complexity index is 4500. The maximum atomic E-state index is 10.3. The van der Waals surface area contributed by atoms with Gasteiger partial charge in [-0.1, -0.05) is 230 Å². The van der Waals surface area contributed by atoms with E-state index in [9.17, 15) is 4.11 Å². The predicted octanol–water partition coefficient (Wildman–Crippen LogP) is 21.2. The highest BCUT2D eigenvalue weighted by atomic mass is 32.1. The highest BCUT2D eigenvalue weighted by molar-refractivity contribution is 7.26. The third-order valence-corrected chi connectivity index (χ3v) is 17.1. The second-order valence-corrected chi connectivity index (χ2v) is 22.1. The molecular weight excluding hydrogens is 937 g/mol. The van der Waals surface area contributed by atoms with Gasteiger partial charge in [0, 0.05) is 47.2 Å². The number of rotatable bonds is 6. The van der Waals surface area contributed by atoms with Crippen LogP contribution < -0.4 is 0 Å². The van der Waals surface area contributed by atoms with Crippen LogP contribution in [0.3, 0.4) is 0 Å². The van der Waals surface area contributed by atoms with Crippen LogP contribution in [0.5, 0.6) is 0 Å². The molecule has 0 bridgehead atoms. The summed E-state index contributed by atoms with van der Waals surface area (Å²) < 4.78 is 32.8. The topological polar surface area (TPSA) is 25.8 Å². The largest absolute Gasteiger partial charge is 0.236 e. The van der Waals surface area contributed by atoms with Crippen molar-refractivity contribution in [2.45, 2.75) is 59.2 Å². The van der Waals surface area contributed by atoms with Gasteiger partial charge in [0.1, 0.15) is 0 Å². The van der Waals surface area contributed by atoms with Crippen molar-refractivity contribution in [3.05, 3.63) is 229 Å². The maximum Gasteiger partial charge on any atom is 0.160 e. The van der Waals surface area contributed by atoms with E-state index in [0.29, 0.717) is 22.5 Å². The lowest BCUT2D eigenvalue weighted by Crippen LogP contribution is -2.10. The van der Waals surface area contributed by atoms with Crippen LogP contribution in [0.1, 0.15) is 80.0 Å². The second-order valence-electron chi connectivity index (χ2n) is 21.1. The van der Waals surface area contributed by atoms with Crippen LogP contribution in [0, 0.1) is 0 Å². The Labute approximate surface area is 454 Å². The predicted molar refractivity (Wildman–Crippen MR) is 324 cm³/mol. The van der Waals surface area contributed by atoms with Crippen LogP contribution in [-0.4, -0.2) is 9.97 Å². The maximum absolute atomic E-state index is 10.3. The van der Waals surface area contributed by atoms with Crippen LogP contribution >= 0.6 is 11.3 Å². The third-order valence-electron chi connectivity index (χ3n) is 15.9. The normalized spacial score (nSPS) is 13.2. The third kappa shape index (κ3) is 7.20. The van der Waals surface area contributed by atoms with Crippen molar-refractivity contribution < 1.29 is 4.11 Å². The molecule has 0 atom stereocenters. The van der Waals surface area contributed by atoms with Gasteiger partial charge in [0.2, 0.25) is 0 Å². The van der Waals surface area contributed by atoms with E-state index >= 15 is 0 Å². The van der Waals surface area contributed by atoms with Crippen molar-refractivity contribution in [2.24, 2.45) is 0 Å². The number of hydrogen-bond donors (Lipinski definition) is 0. The molecule has 0 amide bonds. The van der Waals surface area contributed by atoms with Gasteiger partial charge in [0.15, 0.2) is 5.82 Å². The monoisotopic (exact) mass is 995 g/mol. The number of hydrogen-bond acceptors (Lipinski definition) is 3. The molecule has 0 radical (unpaired) electrons. The first-order chi connectivity index (χ1) is 38.1. The Morgan fingerprint density at radius 1 is 0.355 bits per heavy atom. The van der Waals surface area contributed by atoms with E-state index in [2.05, 4.69) is 206 Å². The van der Waals surface area contributed by atoms with E-state index < -0.39 is 17.7 Å². The molecule has 0 N–H and O–H groups in total. The molecule has 0 saturated heterocycles. The van der Waals surface area contributed by atoms with Gasteiger partial charge < -0.3 is 0 Å². The zero-order valence-corrected chi connectivity index (χ0v) is 44.3. The number of thiophene rings is 1. The fourth-order valence-corrected chi connectivity index (χ4v) is 13.7. The molecule has 76 heavy (non-hydrogen) atoms. The second kappa shape index (κ2) is 18.1. The smallest absolute Gasteiger partial charge is 0.160 e. The van der Waals surface area contributed by atoms with Crippen LogP contribution in [-0.2, 0) is 0 Å². The Balaban J connectivity index is 1.04. The van der Waals surface area contributed by atoms with E-state index in [4.69, 9.17) is 9.97 Å². The average molecular weight is 996 g/mol. The Hall–Kier alpha value is -8.50. The van der Waals surface area contributed by atoms with Gasteiger partial charge in [-0.3, -0.25) is 0 Å². The van der Waals surface area contributed by atoms with Gasteiger partial charge in [0.05, 0.1) is 5.69 Å². The molecule has 3 heteroatoms. The molecule has 2 heterocycles. The lowest BCUT2D eigenvalue weighted by molar-refractivity contribution is 0.808. The minimum absolute atomic E-state index is 0.445. The molecule has 364 valence electrons. The summed E-state index contributed by atoms with van der Waals surface area (Å²) >= 11 is 1.84. The highest BCUT2D eigenvalue weighted by Crippen LogP contribution is 2.53. The zero-order valence-electron chi connectivity index (χ0n) is 46.5. The molecule has 12 aromatic rings. The van der Waals surface area contributed by atoms with E-state index in [0.717, 1.165) is 94.7 Å². The summed E-state index contributed by atoms with van der Waals surface area (Å²) in [6.45, 7) is 11.5. The SMILES string of the molecule is [2H]C(C)(C)c1cc(C([2H])(C)C)c(-c2ncc3c(n2)-c2ccccc2-c2ccccc2-c2cc(-c4cccc5c4sc4ccccc45)ccc2-3)c(C([2H])(C)C)c1-c1ccc2c(c1)-c1ccccc1-c1ccccc1-c1ccccc1-2. The summed E-state index contributed by atoms with van der Waals surface area (Å²) in [7, 11) is 0. The molecule has 0 saturated carbocycles. The molecule has 0 aliphatic heterocycles. The molecule has 2 aliphatic carbocycles. The van der Waals surface area contributed by atoms with E-state index in [1.807, 2.05) is 59.1 Å². The molecule has 0 spiro atoms. The van der Waals surface area contributed by atoms with Gasteiger partial charge in [-0.25, -0.2) is 9.97 Å². The van der Waals surface area contributed by atoms with E-state index in [-0.39, 0.29) is 0 Å². The van der Waals surface area contributed by atoms with Crippen molar-refractivity contribution in [1.29, 1.82) is 0 Å². The van der Waals surface area contributed by atoms with Gasteiger partial charge in [0.25, 0.3) is 0 Å². The van der Waals surface area contributed by atoms with Gasteiger partial charge in [-0.2, -0.15) is 0 Å². The molecule has 14 rings (SSSR count). The number of fused-ring (bicyclic) bond motifs is 19. The van der Waals surface area contributed by atoms with Gasteiger partial charge in [-0.05, 0) is 147 Å². The van der Waals surface area contributed by atoms with Crippen LogP contribution in [0.2, 0.25) is 0 Å². The zero-order chi connectivity index (χ0) is 54.1.